The lowest BCUT2D eigenvalue weighted by atomic mass is 9.70. The summed E-state index contributed by atoms with van der Waals surface area (Å²) >= 11 is 0. The minimum atomic E-state index is 0.118. The van der Waals surface area contributed by atoms with E-state index in [4.69, 9.17) is 8.83 Å². The SMILES string of the molecule is C1=CC2C(c3ccc4oc5ccccc5c4c3)=c3ccccc3=C(c3cccc4c3oc3cc(-c5c6ccccc6c(-c6ccccc6)c6ccccc56)ccc34)C2C=C1. The highest BCUT2D eigenvalue weighted by Crippen LogP contribution is 2.47. The molecule has 2 heterocycles. The molecule has 2 aliphatic carbocycles. The van der Waals surface area contributed by atoms with Gasteiger partial charge in [-0.25, -0.2) is 0 Å². The van der Waals surface area contributed by atoms with Crippen LogP contribution in [0.2, 0.25) is 0 Å². The van der Waals surface area contributed by atoms with Gasteiger partial charge in [-0.1, -0.05) is 176 Å². The normalized spacial score (nSPS) is 16.1. The maximum Gasteiger partial charge on any atom is 0.142 e. The molecule has 2 nitrogen and oxygen atoms in total. The predicted octanol–water partition coefficient (Wildman–Crippen LogP) is 13.9. The van der Waals surface area contributed by atoms with Crippen LogP contribution in [0.1, 0.15) is 11.1 Å². The summed E-state index contributed by atoms with van der Waals surface area (Å²) < 4.78 is 13.4. The number of furan rings is 2. The minimum Gasteiger partial charge on any atom is -0.456 e. The zero-order valence-corrected chi connectivity index (χ0v) is 32.6. The Balaban J connectivity index is 1.04. The Kier molecular flexibility index (Phi) is 7.17. The molecule has 0 N–H and O–H groups in total. The molecule has 2 unspecified atom stereocenters. The zero-order chi connectivity index (χ0) is 39.3. The van der Waals surface area contributed by atoms with E-state index in [1.54, 1.807) is 0 Å². The third-order valence-corrected chi connectivity index (χ3v) is 13.1. The van der Waals surface area contributed by atoms with Gasteiger partial charge in [-0.15, -0.1) is 0 Å². The Labute approximate surface area is 345 Å². The second kappa shape index (κ2) is 12.9. The topological polar surface area (TPSA) is 26.3 Å². The quantitative estimate of drug-likeness (QED) is 0.167. The summed E-state index contributed by atoms with van der Waals surface area (Å²) in [5.74, 6) is 0.258. The number of hydrogen-bond donors (Lipinski definition) is 0. The molecule has 2 aliphatic rings. The van der Waals surface area contributed by atoms with Crippen molar-refractivity contribution in [3.63, 3.8) is 0 Å². The summed E-state index contributed by atoms with van der Waals surface area (Å²) in [5, 5.41) is 12.0. The van der Waals surface area contributed by atoms with Crippen molar-refractivity contribution in [1.29, 1.82) is 0 Å². The van der Waals surface area contributed by atoms with E-state index < -0.39 is 0 Å². The Morgan fingerprint density at radius 2 is 0.867 bits per heavy atom. The first kappa shape index (κ1) is 33.3. The van der Waals surface area contributed by atoms with Crippen LogP contribution in [0.3, 0.4) is 0 Å². The zero-order valence-electron chi connectivity index (χ0n) is 32.6. The maximum atomic E-state index is 7.12. The van der Waals surface area contributed by atoms with Crippen LogP contribution in [0.5, 0.6) is 0 Å². The van der Waals surface area contributed by atoms with Crippen LogP contribution in [-0.4, -0.2) is 0 Å². The third-order valence-electron chi connectivity index (χ3n) is 13.1. The largest absolute Gasteiger partial charge is 0.456 e. The third kappa shape index (κ3) is 4.82. The maximum absolute atomic E-state index is 7.12. The van der Waals surface area contributed by atoms with Crippen LogP contribution in [0.15, 0.2) is 215 Å². The molecule has 0 aliphatic heterocycles. The smallest absolute Gasteiger partial charge is 0.142 e. The molecule has 0 bridgehead atoms. The van der Waals surface area contributed by atoms with Crippen molar-refractivity contribution in [1.82, 2.24) is 0 Å². The monoisotopic (exact) mass is 764 g/mol. The lowest BCUT2D eigenvalue weighted by Gasteiger charge is -2.33. The van der Waals surface area contributed by atoms with E-state index in [1.807, 2.05) is 6.07 Å². The average Bonchev–Trinajstić information content (AvgIpc) is 3.88. The fourth-order valence-corrected chi connectivity index (χ4v) is 10.6. The Morgan fingerprint density at radius 3 is 1.60 bits per heavy atom. The summed E-state index contributed by atoms with van der Waals surface area (Å²) in [7, 11) is 0. The van der Waals surface area contributed by atoms with E-state index in [0.29, 0.717) is 0 Å². The molecule has 2 heteroatoms. The van der Waals surface area contributed by atoms with Crippen molar-refractivity contribution >= 4 is 76.6 Å². The van der Waals surface area contributed by atoms with Crippen LogP contribution in [0.4, 0.5) is 0 Å². The molecule has 9 aromatic carbocycles. The van der Waals surface area contributed by atoms with Gasteiger partial charge in [-0.05, 0) is 101 Å². The number of benzene rings is 9. The van der Waals surface area contributed by atoms with Gasteiger partial charge in [0.05, 0.1) is 0 Å². The van der Waals surface area contributed by atoms with Crippen molar-refractivity contribution in [2.24, 2.45) is 11.8 Å². The molecule has 0 amide bonds. The van der Waals surface area contributed by atoms with Crippen molar-refractivity contribution < 1.29 is 8.83 Å². The number of hydrogen-bond acceptors (Lipinski definition) is 2. The van der Waals surface area contributed by atoms with Crippen LogP contribution >= 0.6 is 0 Å². The van der Waals surface area contributed by atoms with Crippen molar-refractivity contribution in [2.45, 2.75) is 0 Å². The van der Waals surface area contributed by atoms with Gasteiger partial charge in [-0.2, -0.15) is 0 Å². The number of para-hydroxylation sites is 2. The molecule has 2 aromatic heterocycles. The molecule has 0 spiro atoms. The molecule has 0 saturated carbocycles. The Morgan fingerprint density at radius 1 is 0.317 bits per heavy atom. The molecule has 11 aromatic rings. The molecule has 2 atom stereocenters. The van der Waals surface area contributed by atoms with Gasteiger partial charge in [0.1, 0.15) is 22.3 Å². The first-order valence-corrected chi connectivity index (χ1v) is 20.8. The standard InChI is InChI=1S/C58H36O2/c1-2-15-35(16-3-1)54-40-18-4-6-20-42(40)56(43-21-7-5-19-41(43)54)37-29-31-39-48-26-14-27-49(58(48)60-53(39)34-37)57-46-24-10-8-22-44(46)55(45-23-9-11-25-47(45)57)36-30-32-52-50(33-36)38-17-12-13-28-51(38)59-52/h1-34,44,46H. The number of fused-ring (bicyclic) bond motifs is 10. The lowest BCUT2D eigenvalue weighted by molar-refractivity contribution is 0.659. The van der Waals surface area contributed by atoms with Gasteiger partial charge in [0, 0.05) is 38.9 Å². The van der Waals surface area contributed by atoms with E-state index >= 15 is 0 Å². The Hall–Kier alpha value is -7.68. The molecular weight excluding hydrogens is 729 g/mol. The molecule has 280 valence electrons. The fraction of sp³-hybridized carbons (Fsp3) is 0.0345. The van der Waals surface area contributed by atoms with E-state index in [9.17, 15) is 0 Å². The second-order valence-corrected chi connectivity index (χ2v) is 16.2. The highest BCUT2D eigenvalue weighted by Gasteiger charge is 2.33. The van der Waals surface area contributed by atoms with Crippen LogP contribution in [-0.2, 0) is 0 Å². The average molecular weight is 765 g/mol. The van der Waals surface area contributed by atoms with E-state index in [1.165, 1.54) is 65.4 Å². The molecule has 0 fully saturated rings. The van der Waals surface area contributed by atoms with E-state index in [0.717, 1.165) is 55.0 Å². The van der Waals surface area contributed by atoms with Crippen LogP contribution < -0.4 is 10.4 Å². The van der Waals surface area contributed by atoms with Gasteiger partial charge in [0.25, 0.3) is 0 Å². The second-order valence-electron chi connectivity index (χ2n) is 16.2. The summed E-state index contributed by atoms with van der Waals surface area (Å²) in [5.41, 5.74) is 13.5. The van der Waals surface area contributed by atoms with Crippen molar-refractivity contribution in [2.75, 3.05) is 0 Å². The highest BCUT2D eigenvalue weighted by molar-refractivity contribution is 6.22. The van der Waals surface area contributed by atoms with Gasteiger partial charge >= 0.3 is 0 Å². The first-order valence-electron chi connectivity index (χ1n) is 20.8. The molecule has 0 radical (unpaired) electrons. The number of allylic oxidation sites excluding steroid dienone is 4. The van der Waals surface area contributed by atoms with Crippen LogP contribution in [0.25, 0.3) is 98.8 Å². The van der Waals surface area contributed by atoms with Crippen LogP contribution in [0, 0.1) is 11.8 Å². The van der Waals surface area contributed by atoms with E-state index in [2.05, 4.69) is 200 Å². The number of rotatable bonds is 4. The summed E-state index contributed by atoms with van der Waals surface area (Å²) in [6.07, 6.45) is 9.19. The van der Waals surface area contributed by atoms with Crippen molar-refractivity contribution in [3.05, 3.63) is 228 Å². The van der Waals surface area contributed by atoms with Crippen molar-refractivity contribution in [3.8, 4) is 22.3 Å². The minimum absolute atomic E-state index is 0.118. The highest BCUT2D eigenvalue weighted by atomic mass is 16.3. The van der Waals surface area contributed by atoms with Gasteiger partial charge in [0.2, 0.25) is 0 Å². The summed E-state index contributed by atoms with van der Waals surface area (Å²) in [4.78, 5) is 0. The van der Waals surface area contributed by atoms with Gasteiger partial charge < -0.3 is 8.83 Å². The molecular formula is C58H36O2. The molecule has 13 rings (SSSR count). The first-order chi connectivity index (χ1) is 29.8. The van der Waals surface area contributed by atoms with Gasteiger partial charge in [0.15, 0.2) is 0 Å². The summed E-state index contributed by atoms with van der Waals surface area (Å²) in [6, 6.07) is 66.0. The Bertz CT molecular complexity index is 3720. The summed E-state index contributed by atoms with van der Waals surface area (Å²) in [6.45, 7) is 0. The molecule has 60 heavy (non-hydrogen) atoms. The fourth-order valence-electron chi connectivity index (χ4n) is 10.6. The lowest BCUT2D eigenvalue weighted by Crippen LogP contribution is -2.40. The van der Waals surface area contributed by atoms with Gasteiger partial charge in [-0.3, -0.25) is 0 Å². The molecule has 0 saturated heterocycles. The predicted molar refractivity (Wildman–Crippen MR) is 249 cm³/mol. The van der Waals surface area contributed by atoms with E-state index in [-0.39, 0.29) is 11.8 Å².